The lowest BCUT2D eigenvalue weighted by atomic mass is 9.83. The number of alkyl halides is 3. The molecule has 0 spiro atoms. The van der Waals surface area contributed by atoms with Crippen molar-refractivity contribution in [3.8, 4) is 0 Å². The van der Waals surface area contributed by atoms with Gasteiger partial charge in [0.2, 0.25) is 5.91 Å². The lowest BCUT2D eigenvalue weighted by molar-refractivity contribution is -0.138. The highest BCUT2D eigenvalue weighted by molar-refractivity contribution is 6.09. The zero-order valence-corrected chi connectivity index (χ0v) is 16.1. The van der Waals surface area contributed by atoms with E-state index in [1.807, 2.05) is 42.3 Å². The summed E-state index contributed by atoms with van der Waals surface area (Å²) in [5, 5.41) is 7.59. The number of carbonyl (C=O) groups excluding carboxylic acids is 2. The first kappa shape index (κ1) is 20.4. The normalized spacial score (nSPS) is 26.4. The number of benzene rings is 2. The summed E-state index contributed by atoms with van der Waals surface area (Å²) < 4.78 is 38.7. The Morgan fingerprint density at radius 3 is 2.57 bits per heavy atom. The quantitative estimate of drug-likeness (QED) is 0.669. The molecule has 0 bridgehead atoms. The predicted octanol–water partition coefficient (Wildman–Crippen LogP) is 2.79. The average Bonchev–Trinajstić information content (AvgIpc) is 3.06. The van der Waals surface area contributed by atoms with Crippen LogP contribution in [0.5, 0.6) is 0 Å². The highest BCUT2D eigenvalue weighted by Gasteiger charge is 2.50. The largest absolute Gasteiger partial charge is 0.416 e. The van der Waals surface area contributed by atoms with Gasteiger partial charge in [0, 0.05) is 18.3 Å². The van der Waals surface area contributed by atoms with E-state index < -0.39 is 29.5 Å². The summed E-state index contributed by atoms with van der Waals surface area (Å²) in [6.07, 6.45) is -4.82. The van der Waals surface area contributed by atoms with E-state index in [9.17, 15) is 22.8 Å². The Morgan fingerprint density at radius 2 is 1.87 bits per heavy atom. The molecule has 2 fully saturated rings. The lowest BCUT2D eigenvalue weighted by Gasteiger charge is -2.35. The van der Waals surface area contributed by atoms with E-state index in [1.165, 1.54) is 12.1 Å². The summed E-state index contributed by atoms with van der Waals surface area (Å²) in [5.74, 6) is -2.31. The van der Waals surface area contributed by atoms with Crippen molar-refractivity contribution in [3.63, 3.8) is 0 Å². The Bertz CT molecular complexity index is 951. The van der Waals surface area contributed by atoms with Crippen LogP contribution in [-0.4, -0.2) is 30.4 Å². The molecule has 2 aromatic rings. The molecular weight excluding hydrogens is 397 g/mol. The second-order valence-corrected chi connectivity index (χ2v) is 7.52. The van der Waals surface area contributed by atoms with E-state index in [1.54, 1.807) is 0 Å². The molecule has 3 N–H and O–H groups in total. The van der Waals surface area contributed by atoms with Crippen LogP contribution in [0.25, 0.3) is 0 Å². The van der Waals surface area contributed by atoms with Crippen LogP contribution in [0.15, 0.2) is 54.6 Å². The van der Waals surface area contributed by atoms with Gasteiger partial charge in [-0.25, -0.2) is 5.43 Å². The van der Waals surface area contributed by atoms with Crippen LogP contribution in [0, 0.1) is 11.8 Å². The van der Waals surface area contributed by atoms with E-state index in [2.05, 4.69) is 16.1 Å². The van der Waals surface area contributed by atoms with Gasteiger partial charge in [-0.15, -0.1) is 0 Å². The fraction of sp³-hybridized carbons (Fsp3) is 0.333. The number of amides is 1. The van der Waals surface area contributed by atoms with Crippen LogP contribution in [-0.2, 0) is 15.8 Å². The van der Waals surface area contributed by atoms with Gasteiger partial charge >= 0.3 is 6.18 Å². The summed E-state index contributed by atoms with van der Waals surface area (Å²) in [6, 6.07) is 13.7. The van der Waals surface area contributed by atoms with Gasteiger partial charge in [0.05, 0.1) is 17.2 Å². The number of hydrogen-bond acceptors (Lipinski definition) is 5. The van der Waals surface area contributed by atoms with Gasteiger partial charge in [-0.3, -0.25) is 19.9 Å². The Balaban J connectivity index is 1.49. The van der Waals surface area contributed by atoms with E-state index in [0.29, 0.717) is 0 Å². The van der Waals surface area contributed by atoms with Gasteiger partial charge in [0.1, 0.15) is 12.1 Å². The van der Waals surface area contributed by atoms with E-state index in [0.717, 1.165) is 17.8 Å². The number of piperidine rings is 1. The summed E-state index contributed by atoms with van der Waals surface area (Å²) in [4.78, 5) is 25.8. The minimum absolute atomic E-state index is 0.00764. The molecule has 9 heteroatoms. The van der Waals surface area contributed by atoms with Crippen LogP contribution in [0.4, 0.5) is 24.5 Å². The Morgan fingerprint density at radius 1 is 1.13 bits per heavy atom. The first-order valence-corrected chi connectivity index (χ1v) is 9.61. The number of nitrogens with zero attached hydrogens (tertiary/aromatic N) is 1. The first-order valence-electron chi connectivity index (χ1n) is 9.61. The molecule has 158 valence electrons. The second kappa shape index (κ2) is 7.73. The van der Waals surface area contributed by atoms with Crippen molar-refractivity contribution >= 4 is 23.1 Å². The predicted molar refractivity (Wildman–Crippen MR) is 105 cm³/mol. The van der Waals surface area contributed by atoms with Crippen LogP contribution in [0.2, 0.25) is 0 Å². The van der Waals surface area contributed by atoms with E-state index >= 15 is 0 Å². The number of nitrogens with one attached hydrogen (secondary N) is 3. The first-order chi connectivity index (χ1) is 14.3. The van der Waals surface area contributed by atoms with Crippen molar-refractivity contribution in [1.82, 2.24) is 10.7 Å². The van der Waals surface area contributed by atoms with Crippen molar-refractivity contribution in [3.05, 3.63) is 60.2 Å². The van der Waals surface area contributed by atoms with Gasteiger partial charge in [-0.05, 0) is 37.3 Å². The molecule has 4 atom stereocenters. The highest BCUT2D eigenvalue weighted by atomic mass is 19.4. The van der Waals surface area contributed by atoms with Gasteiger partial charge in [-0.2, -0.15) is 13.2 Å². The number of Topliss-reactive ketones (excluding diaryl/α,β-unsaturated/α-hetero) is 1. The van der Waals surface area contributed by atoms with Gasteiger partial charge in [-0.1, -0.05) is 24.3 Å². The molecule has 2 aliphatic rings. The zero-order valence-electron chi connectivity index (χ0n) is 16.1. The lowest BCUT2D eigenvalue weighted by Crippen LogP contribution is -2.58. The molecule has 0 aliphatic carbocycles. The number of para-hydroxylation sites is 1. The van der Waals surface area contributed by atoms with E-state index in [4.69, 9.17) is 0 Å². The maximum Gasteiger partial charge on any atom is 0.416 e. The number of rotatable bonds is 3. The van der Waals surface area contributed by atoms with Crippen molar-refractivity contribution in [1.29, 1.82) is 0 Å². The highest BCUT2D eigenvalue weighted by Crippen LogP contribution is 2.33. The number of hydrogen-bond donors (Lipinski definition) is 3. The third kappa shape index (κ3) is 3.78. The molecule has 2 aromatic carbocycles. The number of halogens is 3. The van der Waals surface area contributed by atoms with Crippen LogP contribution < -0.4 is 21.1 Å². The number of ketones is 1. The minimum atomic E-state index is -4.51. The third-order valence-corrected chi connectivity index (χ3v) is 5.51. The summed E-state index contributed by atoms with van der Waals surface area (Å²) in [5.41, 5.74) is 3.31. The molecule has 1 amide bonds. The van der Waals surface area contributed by atoms with Gasteiger partial charge in [0.15, 0.2) is 5.78 Å². The summed E-state index contributed by atoms with van der Waals surface area (Å²) in [7, 11) is 0. The Kier molecular flexibility index (Phi) is 5.25. The second-order valence-electron chi connectivity index (χ2n) is 7.52. The van der Waals surface area contributed by atoms with Gasteiger partial charge < -0.3 is 5.32 Å². The summed E-state index contributed by atoms with van der Waals surface area (Å²) in [6.45, 7) is 1.97. The van der Waals surface area contributed by atoms with Gasteiger partial charge in [0.25, 0.3) is 0 Å². The Labute approximate surface area is 171 Å². The van der Waals surface area contributed by atoms with Crippen molar-refractivity contribution in [2.45, 2.75) is 25.3 Å². The van der Waals surface area contributed by atoms with Crippen LogP contribution in [0.1, 0.15) is 12.5 Å². The average molecular weight is 418 g/mol. The molecule has 4 rings (SSSR count). The molecule has 0 saturated carbocycles. The molecule has 4 unspecified atom stereocenters. The fourth-order valence-electron chi connectivity index (χ4n) is 4.05. The molecular formula is C21H21F3N4O2. The Hall–Kier alpha value is -2.91. The van der Waals surface area contributed by atoms with Crippen LogP contribution in [0.3, 0.4) is 0 Å². The monoisotopic (exact) mass is 418 g/mol. The zero-order chi connectivity index (χ0) is 21.5. The number of carbonyl (C=O) groups is 2. The number of fused-ring (bicyclic) bond motifs is 1. The maximum absolute atomic E-state index is 13.1. The molecule has 2 heterocycles. The smallest absolute Gasteiger partial charge is 0.325 e. The molecule has 0 aromatic heterocycles. The standard InChI is InChI=1S/C21H21F3N4O2/c1-12-17-18(29)16(11-25-19(17)28(27-12)15-8-3-2-4-9-15)20(30)26-14-7-5-6-13(10-14)21(22,23)24/h2-10,12,16-17,19,25,27H,11H2,1H3,(H,26,30). The van der Waals surface area contributed by atoms with Crippen LogP contribution >= 0.6 is 0 Å². The number of hydrazine groups is 1. The molecule has 0 radical (unpaired) electrons. The molecule has 30 heavy (non-hydrogen) atoms. The maximum atomic E-state index is 13.1. The van der Waals surface area contributed by atoms with Crippen molar-refractivity contribution in [2.75, 3.05) is 16.9 Å². The SMILES string of the molecule is CC1NN(c2ccccc2)C2NCC(C(=O)Nc3cccc(C(F)(F)F)c3)C(=O)C12. The summed E-state index contributed by atoms with van der Waals surface area (Å²) >= 11 is 0. The molecule has 2 saturated heterocycles. The van der Waals surface area contributed by atoms with Crippen molar-refractivity contribution in [2.24, 2.45) is 11.8 Å². The van der Waals surface area contributed by atoms with Crippen molar-refractivity contribution < 1.29 is 22.8 Å². The third-order valence-electron chi connectivity index (χ3n) is 5.51. The van der Waals surface area contributed by atoms with E-state index in [-0.39, 0.29) is 30.2 Å². The number of anilines is 2. The molecule has 6 nitrogen and oxygen atoms in total. The minimum Gasteiger partial charge on any atom is -0.325 e. The molecule has 2 aliphatic heterocycles. The topological polar surface area (TPSA) is 73.5 Å². The fourth-order valence-corrected chi connectivity index (χ4v) is 4.05.